The van der Waals surface area contributed by atoms with Crippen molar-refractivity contribution in [2.24, 2.45) is 0 Å². The minimum atomic E-state index is -0.147. The summed E-state index contributed by atoms with van der Waals surface area (Å²) in [7, 11) is 1.74. The van der Waals surface area contributed by atoms with Crippen LogP contribution in [-0.2, 0) is 4.79 Å². The van der Waals surface area contributed by atoms with Crippen LogP contribution in [0, 0.1) is 13.8 Å². The molecule has 1 N–H and O–H groups in total. The average molecular weight is 296 g/mol. The number of carbonyl (C=O) groups is 2. The van der Waals surface area contributed by atoms with E-state index in [2.05, 4.69) is 10.3 Å². The Morgan fingerprint density at radius 1 is 1.45 bits per heavy atom. The first-order valence-electron chi connectivity index (χ1n) is 6.62. The minimum absolute atomic E-state index is 0.0894. The van der Waals surface area contributed by atoms with Gasteiger partial charge in [0.25, 0.3) is 0 Å². The van der Waals surface area contributed by atoms with Gasteiger partial charge >= 0.3 is 6.03 Å². The highest BCUT2D eigenvalue weighted by molar-refractivity contribution is 7.11. The Bertz CT molecular complexity index is 528. The standard InChI is InChI=1S/C13H20N4O2S/c1-8(12-9(2)20-10(3)15-12)14-11(18)7-17-6-5-16(4)13(17)19/h8H,5-7H2,1-4H3,(H,14,18)/t8-/m1/s1. The van der Waals surface area contributed by atoms with E-state index >= 15 is 0 Å². The number of nitrogens with zero attached hydrogens (tertiary/aromatic N) is 3. The molecule has 2 rings (SSSR count). The highest BCUT2D eigenvalue weighted by atomic mass is 32.1. The molecule has 7 heteroatoms. The molecule has 6 nitrogen and oxygen atoms in total. The molecule has 1 aromatic rings. The number of rotatable bonds is 4. The van der Waals surface area contributed by atoms with Crippen LogP contribution >= 0.6 is 11.3 Å². The van der Waals surface area contributed by atoms with Crippen molar-refractivity contribution in [2.45, 2.75) is 26.8 Å². The molecule has 0 saturated carbocycles. The molecule has 0 unspecified atom stereocenters. The lowest BCUT2D eigenvalue weighted by molar-refractivity contribution is -0.122. The Kier molecular flexibility index (Phi) is 4.27. The molecular formula is C13H20N4O2S. The van der Waals surface area contributed by atoms with Crippen LogP contribution in [0.25, 0.3) is 0 Å². The Hall–Kier alpha value is -1.63. The van der Waals surface area contributed by atoms with Gasteiger partial charge in [-0.1, -0.05) is 0 Å². The first kappa shape index (κ1) is 14.8. The number of thiazole rings is 1. The smallest absolute Gasteiger partial charge is 0.320 e. The van der Waals surface area contributed by atoms with Gasteiger partial charge in [0.2, 0.25) is 5.91 Å². The van der Waals surface area contributed by atoms with Crippen LogP contribution in [0.15, 0.2) is 0 Å². The predicted molar refractivity (Wildman–Crippen MR) is 77.7 cm³/mol. The van der Waals surface area contributed by atoms with E-state index in [9.17, 15) is 9.59 Å². The Morgan fingerprint density at radius 2 is 2.15 bits per heavy atom. The SMILES string of the molecule is Cc1nc([C@@H](C)NC(=O)CN2CCN(C)C2=O)c(C)s1. The molecule has 0 aromatic carbocycles. The van der Waals surface area contributed by atoms with Crippen LogP contribution in [0.1, 0.15) is 28.5 Å². The fourth-order valence-electron chi connectivity index (χ4n) is 2.33. The molecular weight excluding hydrogens is 276 g/mol. The molecule has 20 heavy (non-hydrogen) atoms. The molecule has 1 fully saturated rings. The van der Waals surface area contributed by atoms with Crippen molar-refractivity contribution in [3.05, 3.63) is 15.6 Å². The van der Waals surface area contributed by atoms with Crippen LogP contribution in [0.5, 0.6) is 0 Å². The normalized spacial score (nSPS) is 16.7. The lowest BCUT2D eigenvalue weighted by atomic mass is 10.2. The van der Waals surface area contributed by atoms with Crippen LogP contribution < -0.4 is 5.32 Å². The number of hydrogen-bond acceptors (Lipinski definition) is 4. The second kappa shape index (κ2) is 5.78. The molecule has 3 amide bonds. The largest absolute Gasteiger partial charge is 0.346 e. The number of aryl methyl sites for hydroxylation is 2. The first-order chi connectivity index (χ1) is 9.38. The number of likely N-dealkylation sites (N-methyl/N-ethyl adjacent to an activating group) is 1. The lowest BCUT2D eigenvalue weighted by Gasteiger charge is -2.18. The fraction of sp³-hybridized carbons (Fsp3) is 0.615. The molecule has 1 atom stereocenters. The summed E-state index contributed by atoms with van der Waals surface area (Å²) in [6, 6.07) is -0.226. The summed E-state index contributed by atoms with van der Waals surface area (Å²) in [5.41, 5.74) is 0.908. The zero-order valence-corrected chi connectivity index (χ0v) is 13.1. The van der Waals surface area contributed by atoms with E-state index in [4.69, 9.17) is 0 Å². The van der Waals surface area contributed by atoms with Gasteiger partial charge in [-0.2, -0.15) is 0 Å². The third-order valence-corrected chi connectivity index (χ3v) is 4.27. The number of amides is 3. The van der Waals surface area contributed by atoms with Crippen molar-refractivity contribution >= 4 is 23.3 Å². The molecule has 0 aliphatic carbocycles. The predicted octanol–water partition coefficient (Wildman–Crippen LogP) is 1.30. The van der Waals surface area contributed by atoms with Crippen molar-refractivity contribution in [1.29, 1.82) is 0 Å². The van der Waals surface area contributed by atoms with E-state index in [1.807, 2.05) is 20.8 Å². The van der Waals surface area contributed by atoms with Crippen LogP contribution in [-0.4, -0.2) is 53.4 Å². The van der Waals surface area contributed by atoms with Crippen molar-refractivity contribution in [3.8, 4) is 0 Å². The second-order valence-electron chi connectivity index (χ2n) is 5.09. The van der Waals surface area contributed by atoms with Gasteiger partial charge < -0.3 is 15.1 Å². The van der Waals surface area contributed by atoms with E-state index < -0.39 is 0 Å². The zero-order valence-electron chi connectivity index (χ0n) is 12.3. The maximum atomic E-state index is 12.0. The Morgan fingerprint density at radius 3 is 2.65 bits per heavy atom. The molecule has 0 spiro atoms. The quantitative estimate of drug-likeness (QED) is 0.911. The van der Waals surface area contributed by atoms with Gasteiger partial charge in [-0.15, -0.1) is 11.3 Å². The van der Waals surface area contributed by atoms with Gasteiger partial charge in [0.1, 0.15) is 6.54 Å². The van der Waals surface area contributed by atoms with Crippen molar-refractivity contribution in [2.75, 3.05) is 26.7 Å². The van der Waals surface area contributed by atoms with E-state index in [1.54, 1.807) is 28.2 Å². The van der Waals surface area contributed by atoms with Gasteiger partial charge in [0.05, 0.1) is 16.7 Å². The fourth-order valence-corrected chi connectivity index (χ4v) is 3.24. The van der Waals surface area contributed by atoms with Gasteiger partial charge in [0.15, 0.2) is 0 Å². The third-order valence-electron chi connectivity index (χ3n) is 3.36. The minimum Gasteiger partial charge on any atom is -0.346 e. The molecule has 2 heterocycles. The van der Waals surface area contributed by atoms with E-state index in [0.29, 0.717) is 13.1 Å². The van der Waals surface area contributed by atoms with E-state index in [1.165, 1.54) is 0 Å². The Labute approximate surface area is 122 Å². The van der Waals surface area contributed by atoms with Crippen molar-refractivity contribution in [1.82, 2.24) is 20.1 Å². The third kappa shape index (κ3) is 3.09. The molecule has 1 aliphatic heterocycles. The summed E-state index contributed by atoms with van der Waals surface area (Å²) in [5.74, 6) is -0.147. The number of urea groups is 1. The monoisotopic (exact) mass is 296 g/mol. The summed E-state index contributed by atoms with van der Waals surface area (Å²) >= 11 is 1.62. The van der Waals surface area contributed by atoms with Gasteiger partial charge in [-0.25, -0.2) is 9.78 Å². The highest BCUT2D eigenvalue weighted by Crippen LogP contribution is 2.22. The van der Waals surface area contributed by atoms with E-state index in [0.717, 1.165) is 15.6 Å². The maximum absolute atomic E-state index is 12.0. The summed E-state index contributed by atoms with van der Waals surface area (Å²) in [4.78, 5) is 32.4. The van der Waals surface area contributed by atoms with Gasteiger partial charge in [-0.05, 0) is 20.8 Å². The average Bonchev–Trinajstić information content (AvgIpc) is 2.85. The number of hydrogen-bond donors (Lipinski definition) is 1. The summed E-state index contributed by atoms with van der Waals surface area (Å²) in [5, 5.41) is 3.90. The molecule has 0 bridgehead atoms. The maximum Gasteiger partial charge on any atom is 0.320 e. The zero-order chi connectivity index (χ0) is 14.9. The van der Waals surface area contributed by atoms with E-state index in [-0.39, 0.29) is 24.5 Å². The molecule has 1 aliphatic rings. The van der Waals surface area contributed by atoms with Gasteiger partial charge in [0, 0.05) is 25.0 Å². The summed E-state index contributed by atoms with van der Waals surface area (Å²) in [6.07, 6.45) is 0. The summed E-state index contributed by atoms with van der Waals surface area (Å²) in [6.45, 7) is 7.25. The van der Waals surface area contributed by atoms with Gasteiger partial charge in [-0.3, -0.25) is 4.79 Å². The van der Waals surface area contributed by atoms with Crippen molar-refractivity contribution < 1.29 is 9.59 Å². The first-order valence-corrected chi connectivity index (χ1v) is 7.43. The second-order valence-corrected chi connectivity index (χ2v) is 6.50. The lowest BCUT2D eigenvalue weighted by Crippen LogP contribution is -2.40. The molecule has 1 saturated heterocycles. The molecule has 0 radical (unpaired) electrons. The van der Waals surface area contributed by atoms with Crippen LogP contribution in [0.2, 0.25) is 0 Å². The van der Waals surface area contributed by atoms with Crippen LogP contribution in [0.3, 0.4) is 0 Å². The number of aromatic nitrogens is 1. The molecule has 110 valence electrons. The Balaban J connectivity index is 1.91. The number of nitrogens with one attached hydrogen (secondary N) is 1. The molecule has 1 aromatic heterocycles. The van der Waals surface area contributed by atoms with Crippen LogP contribution in [0.4, 0.5) is 4.79 Å². The highest BCUT2D eigenvalue weighted by Gasteiger charge is 2.27. The van der Waals surface area contributed by atoms with Crippen molar-refractivity contribution in [3.63, 3.8) is 0 Å². The topological polar surface area (TPSA) is 65.5 Å². The summed E-state index contributed by atoms with van der Waals surface area (Å²) < 4.78 is 0. The number of carbonyl (C=O) groups excluding carboxylic acids is 2.